The van der Waals surface area contributed by atoms with Crippen molar-refractivity contribution in [3.05, 3.63) is 102 Å². The number of rotatable bonds is 11. The minimum absolute atomic E-state index is 0.0836. The number of aromatic nitrogens is 2. The largest absolute Gasteiger partial charge is 0.370 e. The second-order valence-corrected chi connectivity index (χ2v) is 8.50. The highest BCUT2D eigenvalue weighted by Crippen LogP contribution is 2.18. The Labute approximate surface area is 202 Å². The van der Waals surface area contributed by atoms with Gasteiger partial charge in [0.05, 0.1) is 4.92 Å². The molecule has 34 heavy (non-hydrogen) atoms. The summed E-state index contributed by atoms with van der Waals surface area (Å²) < 4.78 is 2.47. The fourth-order valence-electron chi connectivity index (χ4n) is 3.67. The third-order valence-corrected chi connectivity index (χ3v) is 6.07. The van der Waals surface area contributed by atoms with Crippen LogP contribution in [0.15, 0.2) is 64.2 Å². The number of anilines is 1. The van der Waals surface area contributed by atoms with Crippen LogP contribution in [0.25, 0.3) is 0 Å². The molecule has 0 fully saturated rings. The van der Waals surface area contributed by atoms with Crippen molar-refractivity contribution in [1.82, 2.24) is 14.0 Å². The lowest BCUT2D eigenvalue weighted by molar-refractivity contribution is -0.384. The Hall–Kier alpha value is -3.43. The lowest BCUT2D eigenvalue weighted by atomic mass is 10.1. The molecule has 1 heterocycles. The molecule has 0 unspecified atom stereocenters. The van der Waals surface area contributed by atoms with E-state index in [2.05, 4.69) is 10.2 Å². The number of nitro benzene ring substituents is 1. The fourth-order valence-corrected chi connectivity index (χ4v) is 3.87. The van der Waals surface area contributed by atoms with Crippen LogP contribution in [0.1, 0.15) is 17.5 Å². The van der Waals surface area contributed by atoms with Gasteiger partial charge in [-0.15, -0.1) is 0 Å². The normalized spacial score (nSPS) is 11.1. The summed E-state index contributed by atoms with van der Waals surface area (Å²) in [5.41, 5.74) is 1.39. The molecule has 2 aromatic carbocycles. The maximum atomic E-state index is 12.1. The van der Waals surface area contributed by atoms with Crippen LogP contribution in [0.3, 0.4) is 0 Å². The summed E-state index contributed by atoms with van der Waals surface area (Å²) >= 11 is 6.37. The maximum Gasteiger partial charge on any atom is 0.332 e. The van der Waals surface area contributed by atoms with Crippen LogP contribution >= 0.6 is 11.6 Å². The molecule has 0 amide bonds. The van der Waals surface area contributed by atoms with Gasteiger partial charge < -0.3 is 5.32 Å². The molecule has 10 heteroatoms. The highest BCUT2D eigenvalue weighted by Gasteiger charge is 2.11. The van der Waals surface area contributed by atoms with Crippen molar-refractivity contribution < 1.29 is 4.92 Å². The molecular weight excluding hydrogens is 458 g/mol. The second-order valence-electron chi connectivity index (χ2n) is 8.09. The summed E-state index contributed by atoms with van der Waals surface area (Å²) in [6.07, 6.45) is 1.64. The van der Waals surface area contributed by atoms with Crippen molar-refractivity contribution in [1.29, 1.82) is 0 Å². The first-order chi connectivity index (χ1) is 16.3. The van der Waals surface area contributed by atoms with E-state index in [1.54, 1.807) is 19.2 Å². The molecule has 9 nitrogen and oxygen atoms in total. The molecule has 3 aromatic rings. The Kier molecular flexibility index (Phi) is 8.61. The summed E-state index contributed by atoms with van der Waals surface area (Å²) in [5.74, 6) is 0.469. The van der Waals surface area contributed by atoms with E-state index in [-0.39, 0.29) is 16.9 Å². The number of halogens is 1. The van der Waals surface area contributed by atoms with E-state index in [4.69, 9.17) is 11.6 Å². The molecule has 3 rings (SSSR count). The molecule has 0 radical (unpaired) electrons. The standard InChI is InChI=1S/C24H28ClN5O4/c1-27-22(16-23(31)28(2)24(27)32)26-13-15-29(17-19-7-3-4-8-21(19)25)14-5-6-18-9-11-20(12-10-18)30(33)34/h3-4,7-12,16,26H,5-6,13-15,17H2,1-2H3. The molecule has 0 atom stereocenters. The first-order valence-electron chi connectivity index (χ1n) is 11.0. The smallest absolute Gasteiger partial charge is 0.332 e. The highest BCUT2D eigenvalue weighted by molar-refractivity contribution is 6.31. The van der Waals surface area contributed by atoms with E-state index in [1.165, 1.54) is 29.8 Å². The average Bonchev–Trinajstić information content (AvgIpc) is 2.82. The van der Waals surface area contributed by atoms with E-state index in [1.807, 2.05) is 24.3 Å². The Morgan fingerprint density at radius 3 is 2.41 bits per heavy atom. The third-order valence-electron chi connectivity index (χ3n) is 5.70. The van der Waals surface area contributed by atoms with E-state index >= 15 is 0 Å². The summed E-state index contributed by atoms with van der Waals surface area (Å²) in [6, 6.07) is 15.7. The average molecular weight is 486 g/mol. The van der Waals surface area contributed by atoms with Crippen LogP contribution in [-0.4, -0.2) is 38.6 Å². The van der Waals surface area contributed by atoms with E-state index in [0.29, 0.717) is 30.5 Å². The summed E-state index contributed by atoms with van der Waals surface area (Å²) in [7, 11) is 3.07. The first kappa shape index (κ1) is 25.2. The second kappa shape index (κ2) is 11.6. The first-order valence-corrected chi connectivity index (χ1v) is 11.3. The number of non-ortho nitro benzene ring substituents is 1. The Morgan fingerprint density at radius 2 is 1.74 bits per heavy atom. The van der Waals surface area contributed by atoms with Gasteiger partial charge in [-0.2, -0.15) is 0 Å². The van der Waals surface area contributed by atoms with Gasteiger partial charge >= 0.3 is 5.69 Å². The highest BCUT2D eigenvalue weighted by atomic mass is 35.5. The number of hydrogen-bond acceptors (Lipinski definition) is 6. The molecule has 1 N–H and O–H groups in total. The van der Waals surface area contributed by atoms with Gasteiger partial charge in [-0.25, -0.2) is 4.79 Å². The molecule has 0 saturated heterocycles. The van der Waals surface area contributed by atoms with Gasteiger partial charge in [0.1, 0.15) is 5.82 Å². The summed E-state index contributed by atoms with van der Waals surface area (Å²) in [6.45, 7) is 2.62. The van der Waals surface area contributed by atoms with E-state index in [0.717, 1.165) is 35.1 Å². The monoisotopic (exact) mass is 485 g/mol. The van der Waals surface area contributed by atoms with Gasteiger partial charge in [0.2, 0.25) is 0 Å². The van der Waals surface area contributed by atoms with E-state index in [9.17, 15) is 19.7 Å². The number of nitro groups is 1. The van der Waals surface area contributed by atoms with Crippen molar-refractivity contribution in [2.75, 3.05) is 25.0 Å². The predicted molar refractivity (Wildman–Crippen MR) is 134 cm³/mol. The van der Waals surface area contributed by atoms with Crippen molar-refractivity contribution in [3.8, 4) is 0 Å². The molecule has 0 aliphatic carbocycles. The molecular formula is C24H28ClN5O4. The molecule has 0 bridgehead atoms. The van der Waals surface area contributed by atoms with Gasteiger partial charge in [0, 0.05) is 57.0 Å². The number of nitrogens with one attached hydrogen (secondary N) is 1. The number of aryl methyl sites for hydroxylation is 1. The van der Waals surface area contributed by atoms with Crippen LogP contribution in [0.2, 0.25) is 5.02 Å². The quantitative estimate of drug-likeness (QED) is 0.330. The predicted octanol–water partition coefficient (Wildman–Crippen LogP) is 3.19. The molecule has 0 saturated carbocycles. The summed E-state index contributed by atoms with van der Waals surface area (Å²) in [4.78, 5) is 36.8. The van der Waals surface area contributed by atoms with Gasteiger partial charge in [0.25, 0.3) is 11.2 Å². The molecule has 180 valence electrons. The zero-order chi connectivity index (χ0) is 24.7. The van der Waals surface area contributed by atoms with Gasteiger partial charge in [-0.05, 0) is 36.6 Å². The molecule has 0 aliphatic heterocycles. The number of hydrogen-bond donors (Lipinski definition) is 1. The molecule has 0 aliphatic rings. The Bertz CT molecular complexity index is 1250. The minimum atomic E-state index is -0.402. The molecule has 0 spiro atoms. The topological polar surface area (TPSA) is 102 Å². The minimum Gasteiger partial charge on any atom is -0.370 e. The molecule has 1 aromatic heterocycles. The van der Waals surface area contributed by atoms with Gasteiger partial charge in [-0.3, -0.25) is 28.9 Å². The fraction of sp³-hybridized carbons (Fsp3) is 0.333. The zero-order valence-electron chi connectivity index (χ0n) is 19.2. The summed E-state index contributed by atoms with van der Waals surface area (Å²) in [5, 5.41) is 14.7. The van der Waals surface area contributed by atoms with Gasteiger partial charge in [-0.1, -0.05) is 41.9 Å². The lowest BCUT2D eigenvalue weighted by Gasteiger charge is -2.24. The van der Waals surface area contributed by atoms with Crippen molar-refractivity contribution in [2.24, 2.45) is 14.1 Å². The zero-order valence-corrected chi connectivity index (χ0v) is 20.0. The van der Waals surface area contributed by atoms with Gasteiger partial charge in [0.15, 0.2) is 0 Å². The number of nitrogens with zero attached hydrogens (tertiary/aromatic N) is 4. The maximum absolute atomic E-state index is 12.1. The van der Waals surface area contributed by atoms with Crippen molar-refractivity contribution in [3.63, 3.8) is 0 Å². The van der Waals surface area contributed by atoms with Crippen molar-refractivity contribution in [2.45, 2.75) is 19.4 Å². The SMILES string of the molecule is Cn1c(NCCN(CCCc2ccc([N+](=O)[O-])cc2)Cc2ccccc2Cl)cc(=O)n(C)c1=O. The number of benzene rings is 2. The lowest BCUT2D eigenvalue weighted by Crippen LogP contribution is -2.38. The van der Waals surface area contributed by atoms with Crippen LogP contribution in [-0.2, 0) is 27.1 Å². The Morgan fingerprint density at radius 1 is 1.03 bits per heavy atom. The van der Waals surface area contributed by atoms with Crippen LogP contribution < -0.4 is 16.6 Å². The van der Waals surface area contributed by atoms with Crippen molar-refractivity contribution >= 4 is 23.1 Å². The third kappa shape index (κ3) is 6.55. The Balaban J connectivity index is 1.63. The van der Waals surface area contributed by atoms with Crippen LogP contribution in [0.5, 0.6) is 0 Å². The van der Waals surface area contributed by atoms with Crippen LogP contribution in [0.4, 0.5) is 11.5 Å². The van der Waals surface area contributed by atoms with Crippen LogP contribution in [0, 0.1) is 10.1 Å². The van der Waals surface area contributed by atoms with E-state index < -0.39 is 4.92 Å².